The Bertz CT molecular complexity index is 644. The number of hydrogen-bond acceptors (Lipinski definition) is 3. The van der Waals surface area contributed by atoms with Crippen molar-refractivity contribution in [3.63, 3.8) is 0 Å². The maximum absolute atomic E-state index is 13.0. The van der Waals surface area contributed by atoms with Crippen molar-refractivity contribution in [1.82, 2.24) is 10.6 Å². The van der Waals surface area contributed by atoms with Gasteiger partial charge in [-0.25, -0.2) is 0 Å². The molecule has 0 bridgehead atoms. The van der Waals surface area contributed by atoms with Crippen LogP contribution in [0.2, 0.25) is 0 Å². The van der Waals surface area contributed by atoms with Gasteiger partial charge >= 0.3 is 0 Å². The highest BCUT2D eigenvalue weighted by Crippen LogP contribution is 2.38. The summed E-state index contributed by atoms with van der Waals surface area (Å²) in [5.74, 6) is 0.0655. The predicted molar refractivity (Wildman–Crippen MR) is 99.5 cm³/mol. The van der Waals surface area contributed by atoms with E-state index in [9.17, 15) is 9.59 Å². The maximum atomic E-state index is 13.0. The molecular formula is C20H29N3O2. The summed E-state index contributed by atoms with van der Waals surface area (Å²) >= 11 is 0. The van der Waals surface area contributed by atoms with Gasteiger partial charge in [0.2, 0.25) is 11.8 Å². The van der Waals surface area contributed by atoms with Gasteiger partial charge in [-0.05, 0) is 69.3 Å². The highest BCUT2D eigenvalue weighted by molar-refractivity contribution is 5.96. The third kappa shape index (κ3) is 4.03. The number of nitrogens with one attached hydrogen (secondary N) is 3. The molecule has 136 valence electrons. The van der Waals surface area contributed by atoms with E-state index in [0.717, 1.165) is 50.8 Å². The minimum Gasteiger partial charge on any atom is -0.354 e. The molecule has 3 rings (SSSR count). The summed E-state index contributed by atoms with van der Waals surface area (Å²) in [6, 6.07) is 5.89. The lowest BCUT2D eigenvalue weighted by molar-refractivity contribution is -0.127. The van der Waals surface area contributed by atoms with E-state index in [0.29, 0.717) is 6.54 Å². The van der Waals surface area contributed by atoms with Crippen LogP contribution in [0, 0.1) is 19.3 Å². The van der Waals surface area contributed by atoms with Crippen molar-refractivity contribution in [3.8, 4) is 0 Å². The van der Waals surface area contributed by atoms with Crippen molar-refractivity contribution in [1.29, 1.82) is 0 Å². The Balaban J connectivity index is 1.65. The van der Waals surface area contributed by atoms with Gasteiger partial charge in [0.1, 0.15) is 0 Å². The van der Waals surface area contributed by atoms with Gasteiger partial charge in [0.25, 0.3) is 0 Å². The Morgan fingerprint density at radius 2 is 1.92 bits per heavy atom. The fourth-order valence-corrected chi connectivity index (χ4v) is 3.91. The summed E-state index contributed by atoms with van der Waals surface area (Å²) in [4.78, 5) is 25.3. The first-order chi connectivity index (χ1) is 12.0. The van der Waals surface area contributed by atoms with Crippen LogP contribution in [-0.2, 0) is 9.59 Å². The van der Waals surface area contributed by atoms with Crippen LogP contribution in [-0.4, -0.2) is 30.9 Å². The van der Waals surface area contributed by atoms with E-state index in [1.807, 2.05) is 25.1 Å². The molecule has 1 aromatic carbocycles. The molecule has 25 heavy (non-hydrogen) atoms. The maximum Gasteiger partial charge on any atom is 0.237 e. The van der Waals surface area contributed by atoms with E-state index in [4.69, 9.17) is 0 Å². The number of carbonyl (C=O) groups excluding carboxylic acids is 2. The summed E-state index contributed by atoms with van der Waals surface area (Å²) < 4.78 is 0. The van der Waals surface area contributed by atoms with E-state index < -0.39 is 5.41 Å². The standard InChI is InChI=1S/C20H29N3O2/c1-14-7-8-16(12-15(14)2)23-19(25)20(9-3-4-10-20)13-22-18(24)17-6-5-11-21-17/h7-8,12,17,21H,3-6,9-11,13H2,1-2H3,(H,22,24)(H,23,25). The van der Waals surface area contributed by atoms with Crippen molar-refractivity contribution in [2.75, 3.05) is 18.4 Å². The lowest BCUT2D eigenvalue weighted by Gasteiger charge is -2.28. The van der Waals surface area contributed by atoms with Crippen LogP contribution in [0.15, 0.2) is 18.2 Å². The fraction of sp³-hybridized carbons (Fsp3) is 0.600. The summed E-state index contributed by atoms with van der Waals surface area (Å²) in [5.41, 5.74) is 2.74. The second kappa shape index (κ2) is 7.56. The molecule has 2 fully saturated rings. The molecule has 0 radical (unpaired) electrons. The second-order valence-corrected chi connectivity index (χ2v) is 7.61. The summed E-state index contributed by atoms with van der Waals surface area (Å²) in [5, 5.41) is 9.32. The Labute approximate surface area is 150 Å². The van der Waals surface area contributed by atoms with Gasteiger partial charge in [0, 0.05) is 12.2 Å². The molecule has 1 aliphatic heterocycles. The first-order valence-corrected chi connectivity index (χ1v) is 9.40. The largest absolute Gasteiger partial charge is 0.354 e. The van der Waals surface area contributed by atoms with E-state index >= 15 is 0 Å². The van der Waals surface area contributed by atoms with E-state index in [1.165, 1.54) is 11.1 Å². The molecule has 1 saturated heterocycles. The van der Waals surface area contributed by atoms with Crippen molar-refractivity contribution >= 4 is 17.5 Å². The third-order valence-electron chi connectivity index (χ3n) is 5.78. The monoisotopic (exact) mass is 343 g/mol. The molecule has 0 spiro atoms. The smallest absolute Gasteiger partial charge is 0.237 e. The molecule has 5 heteroatoms. The van der Waals surface area contributed by atoms with E-state index in [2.05, 4.69) is 22.9 Å². The first-order valence-electron chi connectivity index (χ1n) is 9.40. The zero-order valence-corrected chi connectivity index (χ0v) is 15.3. The molecular weight excluding hydrogens is 314 g/mol. The summed E-state index contributed by atoms with van der Waals surface area (Å²) in [7, 11) is 0. The topological polar surface area (TPSA) is 70.2 Å². The van der Waals surface area contributed by atoms with E-state index in [1.54, 1.807) is 0 Å². The Hall–Kier alpha value is -1.88. The zero-order chi connectivity index (χ0) is 17.9. The summed E-state index contributed by atoms with van der Waals surface area (Å²) in [6.45, 7) is 5.44. The lowest BCUT2D eigenvalue weighted by atomic mass is 9.84. The third-order valence-corrected chi connectivity index (χ3v) is 5.78. The number of benzene rings is 1. The number of amides is 2. The normalized spacial score (nSPS) is 21.9. The summed E-state index contributed by atoms with van der Waals surface area (Å²) in [6.07, 6.45) is 5.67. The molecule has 5 nitrogen and oxygen atoms in total. The first kappa shape index (κ1) is 17.9. The molecule has 3 N–H and O–H groups in total. The average molecular weight is 343 g/mol. The number of hydrogen-bond donors (Lipinski definition) is 3. The second-order valence-electron chi connectivity index (χ2n) is 7.61. The van der Waals surface area contributed by atoms with Gasteiger partial charge < -0.3 is 16.0 Å². The highest BCUT2D eigenvalue weighted by atomic mass is 16.2. The van der Waals surface area contributed by atoms with Crippen molar-refractivity contribution in [3.05, 3.63) is 29.3 Å². The zero-order valence-electron chi connectivity index (χ0n) is 15.3. The minimum absolute atomic E-state index is 0.0303. The van der Waals surface area contributed by atoms with Gasteiger partial charge in [-0.15, -0.1) is 0 Å². The van der Waals surface area contributed by atoms with Gasteiger partial charge in [-0.3, -0.25) is 9.59 Å². The van der Waals surface area contributed by atoms with Crippen LogP contribution in [0.3, 0.4) is 0 Å². The molecule has 1 saturated carbocycles. The Morgan fingerprint density at radius 3 is 2.56 bits per heavy atom. The van der Waals surface area contributed by atoms with E-state index in [-0.39, 0.29) is 17.9 Å². The van der Waals surface area contributed by atoms with Crippen molar-refractivity contribution < 1.29 is 9.59 Å². The molecule has 1 atom stereocenters. The van der Waals surface area contributed by atoms with Crippen molar-refractivity contribution in [2.45, 2.75) is 58.4 Å². The van der Waals surface area contributed by atoms with Crippen molar-refractivity contribution in [2.24, 2.45) is 5.41 Å². The van der Waals surface area contributed by atoms with Gasteiger partial charge in [-0.2, -0.15) is 0 Å². The van der Waals surface area contributed by atoms with Gasteiger partial charge in [-0.1, -0.05) is 18.9 Å². The lowest BCUT2D eigenvalue weighted by Crippen LogP contribution is -2.48. The number of aryl methyl sites for hydroxylation is 2. The molecule has 1 unspecified atom stereocenters. The van der Waals surface area contributed by atoms with Crippen LogP contribution in [0.5, 0.6) is 0 Å². The predicted octanol–water partition coefficient (Wildman–Crippen LogP) is 2.67. The molecule has 1 aromatic rings. The van der Waals surface area contributed by atoms with Gasteiger partial charge in [0.15, 0.2) is 0 Å². The number of carbonyl (C=O) groups is 2. The van der Waals surface area contributed by atoms with Crippen LogP contribution in [0.4, 0.5) is 5.69 Å². The van der Waals surface area contributed by atoms with Crippen LogP contribution >= 0.6 is 0 Å². The minimum atomic E-state index is -0.479. The van der Waals surface area contributed by atoms with Crippen LogP contribution in [0.25, 0.3) is 0 Å². The van der Waals surface area contributed by atoms with Crippen LogP contribution in [0.1, 0.15) is 49.7 Å². The molecule has 0 aromatic heterocycles. The molecule has 1 aliphatic carbocycles. The molecule has 2 aliphatic rings. The fourth-order valence-electron chi connectivity index (χ4n) is 3.91. The number of rotatable bonds is 5. The Kier molecular flexibility index (Phi) is 5.42. The average Bonchev–Trinajstić information content (AvgIpc) is 3.28. The highest BCUT2D eigenvalue weighted by Gasteiger charge is 2.41. The van der Waals surface area contributed by atoms with Crippen LogP contribution < -0.4 is 16.0 Å². The van der Waals surface area contributed by atoms with Gasteiger partial charge in [0.05, 0.1) is 11.5 Å². The number of anilines is 1. The Morgan fingerprint density at radius 1 is 1.16 bits per heavy atom. The molecule has 2 amide bonds. The molecule has 1 heterocycles. The SMILES string of the molecule is Cc1ccc(NC(=O)C2(CNC(=O)C3CCCN3)CCCC2)cc1C. The quantitative estimate of drug-likeness (QED) is 0.770.